The van der Waals surface area contributed by atoms with E-state index in [1.165, 1.54) is 17.0 Å². The zero-order chi connectivity index (χ0) is 17.3. The Labute approximate surface area is 144 Å². The molecule has 1 aromatic rings. The fourth-order valence-electron chi connectivity index (χ4n) is 2.78. The van der Waals surface area contributed by atoms with Crippen LogP contribution in [-0.2, 0) is 4.74 Å². The molecule has 23 heavy (non-hydrogen) atoms. The van der Waals surface area contributed by atoms with Gasteiger partial charge in [-0.3, -0.25) is 0 Å². The maximum Gasteiger partial charge on any atom is 0.410 e. The molecule has 8 heteroatoms. The molecule has 0 bridgehead atoms. The zero-order valence-corrected chi connectivity index (χ0v) is 14.3. The summed E-state index contributed by atoms with van der Waals surface area (Å²) in [6.45, 7) is 3.25. The van der Waals surface area contributed by atoms with Gasteiger partial charge in [-0.25, -0.2) is 4.79 Å². The molecule has 1 aliphatic rings. The van der Waals surface area contributed by atoms with Gasteiger partial charge in [-0.15, -0.1) is 0 Å². The molecule has 128 valence electrons. The molecule has 6 nitrogen and oxygen atoms in total. The molecule has 2 rings (SSSR count). The van der Waals surface area contributed by atoms with Crippen LogP contribution < -0.4 is 0 Å². The van der Waals surface area contributed by atoms with Crippen LogP contribution in [-0.4, -0.2) is 57.7 Å². The first-order chi connectivity index (χ1) is 10.8. The number of phenolic OH excluding ortho intramolecular Hbond substituents is 1. The van der Waals surface area contributed by atoms with Crippen molar-refractivity contribution >= 4 is 29.3 Å². The van der Waals surface area contributed by atoms with Crippen LogP contribution >= 0.6 is 23.2 Å². The average molecular weight is 364 g/mol. The van der Waals surface area contributed by atoms with Gasteiger partial charge in [0, 0.05) is 18.0 Å². The third-order valence-corrected chi connectivity index (χ3v) is 4.90. The molecule has 0 spiro atoms. The number of hydrogen-bond acceptors (Lipinski definition) is 5. The van der Waals surface area contributed by atoms with Crippen molar-refractivity contribution in [1.82, 2.24) is 4.90 Å². The Morgan fingerprint density at radius 2 is 2.04 bits per heavy atom. The number of rotatable bonds is 5. The molecule has 0 radical (unpaired) electrons. The van der Waals surface area contributed by atoms with E-state index in [1.807, 2.05) is 0 Å². The number of hydrogen-bond donors (Lipinski definition) is 3. The van der Waals surface area contributed by atoms with Crippen LogP contribution in [0.4, 0.5) is 4.79 Å². The topological polar surface area (TPSA) is 90.2 Å². The lowest BCUT2D eigenvalue weighted by Crippen LogP contribution is -2.42. The Kier molecular flexibility index (Phi) is 5.62. The lowest BCUT2D eigenvalue weighted by molar-refractivity contribution is -0.0118. The fourth-order valence-corrected chi connectivity index (χ4v) is 3.29. The number of carbonyl (C=O) groups is 1. The van der Waals surface area contributed by atoms with E-state index in [0.29, 0.717) is 10.6 Å². The maximum absolute atomic E-state index is 12.0. The van der Waals surface area contributed by atoms with E-state index < -0.39 is 30.9 Å². The van der Waals surface area contributed by atoms with Crippen molar-refractivity contribution in [3.63, 3.8) is 0 Å². The van der Waals surface area contributed by atoms with Gasteiger partial charge < -0.3 is 25.0 Å². The summed E-state index contributed by atoms with van der Waals surface area (Å²) in [7, 11) is 0. The molecule has 4 atom stereocenters. The normalized spacial score (nSPS) is 23.7. The predicted molar refractivity (Wildman–Crippen MR) is 86.1 cm³/mol. The van der Waals surface area contributed by atoms with Crippen molar-refractivity contribution in [2.75, 3.05) is 13.2 Å². The van der Waals surface area contributed by atoms with E-state index in [1.54, 1.807) is 13.8 Å². The number of phenols is 1. The number of aliphatic hydroxyl groups is 2. The Morgan fingerprint density at radius 3 is 2.65 bits per heavy atom. The van der Waals surface area contributed by atoms with Gasteiger partial charge >= 0.3 is 6.09 Å². The fraction of sp³-hybridized carbons (Fsp3) is 0.533. The largest absolute Gasteiger partial charge is 0.508 e. The van der Waals surface area contributed by atoms with E-state index in [-0.39, 0.29) is 23.2 Å². The van der Waals surface area contributed by atoms with Crippen LogP contribution in [0.3, 0.4) is 0 Å². The number of benzene rings is 1. The summed E-state index contributed by atoms with van der Waals surface area (Å²) >= 11 is 12.1. The summed E-state index contributed by atoms with van der Waals surface area (Å²) in [5, 5.41) is 29.3. The molecular weight excluding hydrogens is 345 g/mol. The number of aliphatic hydroxyl groups excluding tert-OH is 2. The summed E-state index contributed by atoms with van der Waals surface area (Å²) < 4.78 is 5.12. The molecule has 0 saturated carbocycles. The number of ether oxygens (including phenoxy) is 1. The number of aromatic hydroxyl groups is 1. The first-order valence-electron chi connectivity index (χ1n) is 7.21. The minimum Gasteiger partial charge on any atom is -0.508 e. The molecule has 0 unspecified atom stereocenters. The second-order valence-electron chi connectivity index (χ2n) is 5.69. The highest BCUT2D eigenvalue weighted by Gasteiger charge is 2.43. The van der Waals surface area contributed by atoms with Crippen molar-refractivity contribution in [3.05, 3.63) is 27.7 Å². The van der Waals surface area contributed by atoms with Crippen LogP contribution in [0.5, 0.6) is 5.75 Å². The molecule has 0 aromatic heterocycles. The first kappa shape index (κ1) is 18.1. The smallest absolute Gasteiger partial charge is 0.410 e. The van der Waals surface area contributed by atoms with Gasteiger partial charge in [0.15, 0.2) is 6.10 Å². The van der Waals surface area contributed by atoms with Gasteiger partial charge in [-0.1, -0.05) is 30.1 Å². The van der Waals surface area contributed by atoms with Gasteiger partial charge in [0.1, 0.15) is 11.9 Å². The molecular formula is C15H19Cl2NO5. The summed E-state index contributed by atoms with van der Waals surface area (Å²) in [4.78, 5) is 13.4. The lowest BCUT2D eigenvalue weighted by Gasteiger charge is -2.26. The minimum absolute atomic E-state index is 0.000870. The summed E-state index contributed by atoms with van der Waals surface area (Å²) in [6, 6.07) is 2.52. The summed E-state index contributed by atoms with van der Waals surface area (Å²) in [5.41, 5.74) is 0.449. The van der Waals surface area contributed by atoms with Crippen LogP contribution in [0.1, 0.15) is 25.3 Å². The minimum atomic E-state index is -1.14. The SMILES string of the molecule is C[C@@H](CN1C(=O)O[C@H]([C@@H](O)CO)[C@@H]1C)c1c(O)ccc(Cl)c1Cl. The molecule has 0 aliphatic carbocycles. The number of halogens is 2. The van der Waals surface area contributed by atoms with Gasteiger partial charge in [-0.05, 0) is 19.1 Å². The third kappa shape index (κ3) is 3.50. The average Bonchev–Trinajstić information content (AvgIpc) is 2.78. The molecule has 3 N–H and O–H groups in total. The highest BCUT2D eigenvalue weighted by Crippen LogP contribution is 2.38. The van der Waals surface area contributed by atoms with Crippen molar-refractivity contribution in [2.24, 2.45) is 0 Å². The zero-order valence-electron chi connectivity index (χ0n) is 12.7. The standard InChI is InChI=1S/C15H19Cl2NO5/c1-7(12-10(20)4-3-9(16)13(12)17)5-18-8(2)14(11(21)6-19)23-15(18)22/h3-4,7-8,11,14,19-21H,5-6H2,1-2H3/t7-,8-,11-,14-/m0/s1. The number of carbonyl (C=O) groups excluding carboxylic acids is 1. The Hall–Kier alpha value is -1.21. The highest BCUT2D eigenvalue weighted by atomic mass is 35.5. The highest BCUT2D eigenvalue weighted by molar-refractivity contribution is 6.42. The Balaban J connectivity index is 2.19. The molecule has 1 aromatic carbocycles. The molecule has 1 aliphatic heterocycles. The van der Waals surface area contributed by atoms with Gasteiger partial charge in [0.05, 0.1) is 22.7 Å². The van der Waals surface area contributed by atoms with E-state index in [9.17, 15) is 15.0 Å². The van der Waals surface area contributed by atoms with Gasteiger partial charge in [-0.2, -0.15) is 0 Å². The monoisotopic (exact) mass is 363 g/mol. The molecule has 1 heterocycles. The van der Waals surface area contributed by atoms with Crippen LogP contribution in [0.2, 0.25) is 10.0 Å². The van der Waals surface area contributed by atoms with Crippen LogP contribution in [0.15, 0.2) is 12.1 Å². The molecule has 1 amide bonds. The van der Waals surface area contributed by atoms with Crippen molar-refractivity contribution in [2.45, 2.75) is 38.0 Å². The summed E-state index contributed by atoms with van der Waals surface area (Å²) in [6.07, 6.45) is -2.53. The number of nitrogens with zero attached hydrogens (tertiary/aromatic N) is 1. The lowest BCUT2D eigenvalue weighted by atomic mass is 9.98. The van der Waals surface area contributed by atoms with E-state index in [0.717, 1.165) is 0 Å². The second-order valence-corrected chi connectivity index (χ2v) is 6.47. The second kappa shape index (κ2) is 7.13. The maximum atomic E-state index is 12.0. The van der Waals surface area contributed by atoms with Crippen molar-refractivity contribution in [3.8, 4) is 5.75 Å². The Bertz CT molecular complexity index is 597. The molecule has 1 fully saturated rings. The van der Waals surface area contributed by atoms with Crippen LogP contribution in [0, 0.1) is 0 Å². The van der Waals surface area contributed by atoms with Gasteiger partial charge in [0.2, 0.25) is 0 Å². The third-order valence-electron chi connectivity index (χ3n) is 4.08. The molecule has 1 saturated heterocycles. The number of cyclic esters (lactones) is 1. The van der Waals surface area contributed by atoms with E-state index in [2.05, 4.69) is 0 Å². The van der Waals surface area contributed by atoms with Crippen molar-refractivity contribution < 1.29 is 24.9 Å². The number of amides is 1. The van der Waals surface area contributed by atoms with E-state index >= 15 is 0 Å². The van der Waals surface area contributed by atoms with Gasteiger partial charge in [0.25, 0.3) is 0 Å². The van der Waals surface area contributed by atoms with E-state index in [4.69, 9.17) is 33.0 Å². The predicted octanol–water partition coefficient (Wildman–Crippen LogP) is 2.37. The first-order valence-corrected chi connectivity index (χ1v) is 7.96. The summed E-state index contributed by atoms with van der Waals surface area (Å²) in [5.74, 6) is -0.305. The van der Waals surface area contributed by atoms with Crippen LogP contribution in [0.25, 0.3) is 0 Å². The Morgan fingerprint density at radius 1 is 1.39 bits per heavy atom. The van der Waals surface area contributed by atoms with Crippen molar-refractivity contribution in [1.29, 1.82) is 0 Å². The quantitative estimate of drug-likeness (QED) is 0.746.